The first-order valence-corrected chi connectivity index (χ1v) is 9.95. The lowest BCUT2D eigenvalue weighted by molar-refractivity contribution is -0.682. The third-order valence-electron chi connectivity index (χ3n) is 4.37. The number of thiophene rings is 1. The summed E-state index contributed by atoms with van der Waals surface area (Å²) in [5.74, 6) is -0.370. The maximum Gasteiger partial charge on any atom is 0.275 e. The number of quaternary nitrogens is 1. The molecule has 0 aliphatic rings. The number of halogens is 2. The number of rotatable bonds is 7. The summed E-state index contributed by atoms with van der Waals surface area (Å²) in [5, 5.41) is 7.68. The number of nitrogens with two attached hydrogens (primary N) is 1. The van der Waals surface area contributed by atoms with Gasteiger partial charge in [-0.3, -0.25) is 4.79 Å². The summed E-state index contributed by atoms with van der Waals surface area (Å²) >= 11 is 7.60. The first-order valence-electron chi connectivity index (χ1n) is 8.70. The van der Waals surface area contributed by atoms with Crippen molar-refractivity contribution in [2.24, 2.45) is 0 Å². The number of carbonyl (C=O) groups excluding carboxylic acids is 1. The van der Waals surface area contributed by atoms with E-state index in [0.717, 1.165) is 16.0 Å². The van der Waals surface area contributed by atoms with Crippen LogP contribution in [0, 0.1) is 5.82 Å². The minimum Gasteiger partial charge on any atom is -0.339 e. The highest BCUT2D eigenvalue weighted by atomic mass is 35.5. The average molecular weight is 404 g/mol. The quantitative estimate of drug-likeness (QED) is 0.613. The Morgan fingerprint density at radius 1 is 1.15 bits per heavy atom. The van der Waals surface area contributed by atoms with Crippen molar-refractivity contribution in [1.29, 1.82) is 0 Å². The van der Waals surface area contributed by atoms with Crippen molar-refractivity contribution in [3.8, 4) is 0 Å². The molecular weight excluding hydrogens is 383 g/mol. The summed E-state index contributed by atoms with van der Waals surface area (Å²) < 4.78 is 13.3. The van der Waals surface area contributed by atoms with Gasteiger partial charge in [0.2, 0.25) is 0 Å². The molecule has 1 amide bonds. The first-order chi connectivity index (χ1) is 13.0. The summed E-state index contributed by atoms with van der Waals surface area (Å²) in [6, 6.07) is 17.6. The van der Waals surface area contributed by atoms with Crippen molar-refractivity contribution in [2.45, 2.75) is 19.0 Å². The minimum absolute atomic E-state index is 0.0772. The maximum absolute atomic E-state index is 13.3. The lowest BCUT2D eigenvalue weighted by atomic mass is 10.1. The van der Waals surface area contributed by atoms with Crippen LogP contribution in [-0.2, 0) is 4.79 Å². The molecule has 3 aromatic rings. The van der Waals surface area contributed by atoms with Gasteiger partial charge in [0, 0.05) is 15.5 Å². The molecule has 1 heterocycles. The van der Waals surface area contributed by atoms with Crippen LogP contribution in [0.2, 0.25) is 5.02 Å². The zero-order chi connectivity index (χ0) is 19.2. The number of benzene rings is 2. The standard InChI is InChI=1S/C21H20ClFN2OS/c1-14(16-4-2-5-17(22)12-16)24-13-20(26)25-21(19-6-3-11-27-19)15-7-9-18(23)10-8-15/h2-12,14,21,24H,13H2,1H3,(H,25,26)/p+1/t14-,21-/m1/s1. The molecule has 0 saturated carbocycles. The smallest absolute Gasteiger partial charge is 0.275 e. The Morgan fingerprint density at radius 3 is 2.59 bits per heavy atom. The van der Waals surface area contributed by atoms with Gasteiger partial charge in [-0.25, -0.2) is 4.39 Å². The SMILES string of the molecule is C[C@@H]([NH2+]CC(=O)N[C@H](c1ccc(F)cc1)c1cccs1)c1cccc(Cl)c1. The minimum atomic E-state index is -0.293. The monoisotopic (exact) mass is 403 g/mol. The van der Waals surface area contributed by atoms with E-state index in [1.807, 2.05) is 54.0 Å². The highest BCUT2D eigenvalue weighted by Gasteiger charge is 2.20. The molecule has 0 unspecified atom stereocenters. The topological polar surface area (TPSA) is 45.7 Å². The summed E-state index contributed by atoms with van der Waals surface area (Å²) in [6.07, 6.45) is 0. The molecule has 140 valence electrons. The highest BCUT2D eigenvalue weighted by molar-refractivity contribution is 7.10. The summed E-state index contributed by atoms with van der Waals surface area (Å²) in [7, 11) is 0. The molecule has 0 radical (unpaired) electrons. The van der Waals surface area contributed by atoms with Crippen LogP contribution in [-0.4, -0.2) is 12.5 Å². The van der Waals surface area contributed by atoms with E-state index in [4.69, 9.17) is 11.6 Å². The van der Waals surface area contributed by atoms with Gasteiger partial charge in [-0.05, 0) is 48.2 Å². The van der Waals surface area contributed by atoms with Gasteiger partial charge in [0.15, 0.2) is 6.54 Å². The molecule has 6 heteroatoms. The van der Waals surface area contributed by atoms with E-state index < -0.39 is 0 Å². The molecule has 3 rings (SSSR count). The maximum atomic E-state index is 13.3. The Bertz CT molecular complexity index is 883. The predicted molar refractivity (Wildman–Crippen MR) is 107 cm³/mol. The van der Waals surface area contributed by atoms with Gasteiger partial charge in [0.25, 0.3) is 5.91 Å². The lowest BCUT2D eigenvalue weighted by Gasteiger charge is -2.18. The van der Waals surface area contributed by atoms with Gasteiger partial charge < -0.3 is 10.6 Å². The van der Waals surface area contributed by atoms with Gasteiger partial charge in [-0.15, -0.1) is 11.3 Å². The third-order valence-corrected chi connectivity index (χ3v) is 5.54. The molecule has 0 spiro atoms. The van der Waals surface area contributed by atoms with Crippen LogP contribution in [0.3, 0.4) is 0 Å². The second kappa shape index (κ2) is 9.13. The van der Waals surface area contributed by atoms with E-state index >= 15 is 0 Å². The number of carbonyl (C=O) groups is 1. The normalized spacial score (nSPS) is 13.1. The highest BCUT2D eigenvalue weighted by Crippen LogP contribution is 2.26. The van der Waals surface area contributed by atoms with E-state index in [1.54, 1.807) is 23.5 Å². The molecule has 0 aliphatic heterocycles. The third kappa shape index (κ3) is 5.39. The van der Waals surface area contributed by atoms with Crippen molar-refractivity contribution in [3.63, 3.8) is 0 Å². The Hall–Kier alpha value is -2.21. The zero-order valence-electron chi connectivity index (χ0n) is 14.9. The fraction of sp³-hybridized carbons (Fsp3) is 0.190. The molecule has 2 atom stereocenters. The van der Waals surface area contributed by atoms with Crippen molar-refractivity contribution in [3.05, 3.63) is 92.9 Å². The fourth-order valence-electron chi connectivity index (χ4n) is 2.86. The molecule has 3 nitrogen and oxygen atoms in total. The van der Waals surface area contributed by atoms with Crippen molar-refractivity contribution in [2.75, 3.05) is 6.54 Å². The van der Waals surface area contributed by atoms with Gasteiger partial charge in [0.05, 0.1) is 6.04 Å². The Kier molecular flexibility index (Phi) is 6.61. The largest absolute Gasteiger partial charge is 0.339 e. The van der Waals surface area contributed by atoms with Crippen molar-refractivity contribution < 1.29 is 14.5 Å². The van der Waals surface area contributed by atoms with E-state index in [-0.39, 0.29) is 30.4 Å². The second-order valence-electron chi connectivity index (χ2n) is 6.35. The van der Waals surface area contributed by atoms with Crippen LogP contribution in [0.5, 0.6) is 0 Å². The number of nitrogens with one attached hydrogen (secondary N) is 1. The summed E-state index contributed by atoms with van der Waals surface area (Å²) in [4.78, 5) is 13.6. The summed E-state index contributed by atoms with van der Waals surface area (Å²) in [5.41, 5.74) is 1.93. The van der Waals surface area contributed by atoms with Gasteiger partial charge >= 0.3 is 0 Å². The van der Waals surface area contributed by atoms with E-state index in [9.17, 15) is 9.18 Å². The first kappa shape index (κ1) is 19.5. The molecular formula is C21H21ClFN2OS+. The number of hydrogen-bond donors (Lipinski definition) is 2. The van der Waals surface area contributed by atoms with Crippen LogP contribution in [0.1, 0.15) is 35.0 Å². The van der Waals surface area contributed by atoms with Crippen LogP contribution in [0.4, 0.5) is 4.39 Å². The molecule has 3 N–H and O–H groups in total. The Labute approximate surface area is 167 Å². The van der Waals surface area contributed by atoms with Crippen LogP contribution in [0.25, 0.3) is 0 Å². The molecule has 0 saturated heterocycles. The van der Waals surface area contributed by atoms with Crippen LogP contribution in [0.15, 0.2) is 66.0 Å². The number of hydrogen-bond acceptors (Lipinski definition) is 2. The average Bonchev–Trinajstić information content (AvgIpc) is 3.19. The molecule has 1 aromatic heterocycles. The van der Waals surface area contributed by atoms with E-state index in [2.05, 4.69) is 5.32 Å². The van der Waals surface area contributed by atoms with Crippen molar-refractivity contribution >= 4 is 28.8 Å². The molecule has 2 aromatic carbocycles. The lowest BCUT2D eigenvalue weighted by Crippen LogP contribution is -2.87. The van der Waals surface area contributed by atoms with Gasteiger partial charge in [-0.2, -0.15) is 0 Å². The molecule has 0 aliphatic carbocycles. The Morgan fingerprint density at radius 2 is 1.93 bits per heavy atom. The molecule has 0 fully saturated rings. The van der Waals surface area contributed by atoms with E-state index in [0.29, 0.717) is 5.02 Å². The Balaban J connectivity index is 1.65. The molecule has 27 heavy (non-hydrogen) atoms. The zero-order valence-corrected chi connectivity index (χ0v) is 16.4. The van der Waals surface area contributed by atoms with Gasteiger partial charge in [0.1, 0.15) is 11.9 Å². The van der Waals surface area contributed by atoms with Crippen LogP contribution < -0.4 is 10.6 Å². The van der Waals surface area contributed by atoms with Gasteiger partial charge in [-0.1, -0.05) is 41.9 Å². The number of amides is 1. The van der Waals surface area contributed by atoms with Crippen molar-refractivity contribution in [1.82, 2.24) is 5.32 Å². The fourth-order valence-corrected chi connectivity index (χ4v) is 3.86. The molecule has 0 bridgehead atoms. The van der Waals surface area contributed by atoms with E-state index in [1.165, 1.54) is 12.1 Å². The predicted octanol–water partition coefficient (Wildman–Crippen LogP) is 4.07. The second-order valence-corrected chi connectivity index (χ2v) is 7.77. The summed E-state index contributed by atoms with van der Waals surface area (Å²) in [6.45, 7) is 2.33. The van der Waals surface area contributed by atoms with Crippen LogP contribution >= 0.6 is 22.9 Å².